The highest BCUT2D eigenvalue weighted by Gasteiger charge is 2.22. The number of aryl methyl sites for hydroxylation is 2. The zero-order valence-corrected chi connectivity index (χ0v) is 14.5. The van der Waals surface area contributed by atoms with Gasteiger partial charge in [-0.15, -0.1) is 11.3 Å². The first kappa shape index (κ1) is 17.9. The summed E-state index contributed by atoms with van der Waals surface area (Å²) in [5, 5.41) is 0.273. The summed E-state index contributed by atoms with van der Waals surface area (Å²) in [5.41, 5.74) is -0.494. The second-order valence-electron chi connectivity index (χ2n) is 5.51. The number of ether oxygens (including phenoxy) is 1. The summed E-state index contributed by atoms with van der Waals surface area (Å²) in [5.74, 6) is -2.99. The van der Waals surface area contributed by atoms with Crippen molar-refractivity contribution in [3.63, 3.8) is 0 Å². The third-order valence-electron chi connectivity index (χ3n) is 3.67. The van der Waals surface area contributed by atoms with Crippen molar-refractivity contribution >= 4 is 33.3 Å². The van der Waals surface area contributed by atoms with E-state index in [2.05, 4.69) is 9.97 Å². The van der Waals surface area contributed by atoms with E-state index in [0.29, 0.717) is 16.2 Å². The molecule has 2 heterocycles. The number of nitrogens with one attached hydrogen (secondary N) is 1. The third-order valence-corrected chi connectivity index (χ3v) is 4.83. The number of fused-ring (bicyclic) bond motifs is 1. The van der Waals surface area contributed by atoms with Gasteiger partial charge in [0.05, 0.1) is 10.9 Å². The predicted octanol–water partition coefficient (Wildman–Crippen LogP) is 2.92. The number of esters is 1. The normalized spacial score (nSPS) is 10.9. The van der Waals surface area contributed by atoms with Gasteiger partial charge in [-0.1, -0.05) is 0 Å². The molecule has 3 aromatic rings. The van der Waals surface area contributed by atoms with Gasteiger partial charge in [-0.3, -0.25) is 9.59 Å². The average molecular weight is 378 g/mol. The number of H-pyrrole nitrogens is 1. The number of hydrogen-bond donors (Lipinski definition) is 1. The fraction of sp³-hybridized carbons (Fsp3) is 0.176. The van der Waals surface area contributed by atoms with Gasteiger partial charge >= 0.3 is 5.97 Å². The Morgan fingerprint density at radius 3 is 2.73 bits per heavy atom. The third kappa shape index (κ3) is 3.25. The average Bonchev–Trinajstić information content (AvgIpc) is 2.91. The number of halogens is 2. The van der Waals surface area contributed by atoms with Crippen molar-refractivity contribution in [3.8, 4) is 0 Å². The lowest BCUT2D eigenvalue weighted by Gasteiger charge is -2.05. The van der Waals surface area contributed by atoms with Crippen molar-refractivity contribution in [3.05, 3.63) is 62.0 Å². The molecule has 0 bridgehead atoms. The Hall–Kier alpha value is -2.94. The Morgan fingerprint density at radius 1 is 1.27 bits per heavy atom. The number of ketones is 1. The molecule has 0 fully saturated rings. The van der Waals surface area contributed by atoms with Crippen LogP contribution in [0.1, 0.15) is 31.4 Å². The van der Waals surface area contributed by atoms with Gasteiger partial charge in [0, 0.05) is 0 Å². The number of benzene rings is 1. The zero-order chi connectivity index (χ0) is 19.0. The Kier molecular flexibility index (Phi) is 4.64. The summed E-state index contributed by atoms with van der Waals surface area (Å²) >= 11 is 0.962. The number of nitrogens with zero attached hydrogens (tertiary/aromatic N) is 1. The van der Waals surface area contributed by atoms with Crippen molar-refractivity contribution in [1.29, 1.82) is 0 Å². The van der Waals surface area contributed by atoms with Gasteiger partial charge in [0.25, 0.3) is 5.56 Å². The highest BCUT2D eigenvalue weighted by Crippen LogP contribution is 2.27. The highest BCUT2D eigenvalue weighted by atomic mass is 32.1. The molecule has 0 unspecified atom stereocenters. The fourth-order valence-corrected chi connectivity index (χ4v) is 3.55. The van der Waals surface area contributed by atoms with Crippen LogP contribution in [0.4, 0.5) is 8.78 Å². The summed E-state index contributed by atoms with van der Waals surface area (Å²) in [6, 6.07) is 2.44. The molecule has 9 heteroatoms. The van der Waals surface area contributed by atoms with Crippen LogP contribution in [0.15, 0.2) is 23.0 Å². The largest absolute Gasteiger partial charge is 0.453 e. The van der Waals surface area contributed by atoms with Crippen LogP contribution in [-0.2, 0) is 4.74 Å². The molecule has 0 atom stereocenters. The first-order valence-corrected chi connectivity index (χ1v) is 8.25. The second kappa shape index (κ2) is 6.75. The molecule has 0 saturated heterocycles. The summed E-state index contributed by atoms with van der Waals surface area (Å²) in [4.78, 5) is 43.4. The first-order valence-electron chi connectivity index (χ1n) is 7.43. The van der Waals surface area contributed by atoms with Crippen LogP contribution in [0.3, 0.4) is 0 Å². The zero-order valence-electron chi connectivity index (χ0n) is 13.7. The van der Waals surface area contributed by atoms with Crippen LogP contribution in [0.25, 0.3) is 10.2 Å². The van der Waals surface area contributed by atoms with Crippen molar-refractivity contribution < 1.29 is 23.1 Å². The minimum absolute atomic E-state index is 0.121. The van der Waals surface area contributed by atoms with Crippen LogP contribution in [0.2, 0.25) is 0 Å². The van der Waals surface area contributed by atoms with Gasteiger partial charge in [0.1, 0.15) is 27.2 Å². The standard InChI is InChI=1S/C17H12F2N2O4S/c1-7-13-15(23)20-8(2)21-16(13)26-14(7)17(24)25-6-12(22)10-5-9(18)3-4-11(10)19/h3-5H,6H2,1-2H3,(H,20,21,23). The minimum atomic E-state index is -0.906. The predicted molar refractivity (Wildman–Crippen MR) is 90.7 cm³/mol. The van der Waals surface area contributed by atoms with Crippen LogP contribution in [0, 0.1) is 25.5 Å². The molecule has 1 N–H and O–H groups in total. The number of carbonyl (C=O) groups excluding carboxylic acids is 2. The summed E-state index contributed by atoms with van der Waals surface area (Å²) < 4.78 is 31.6. The molecule has 26 heavy (non-hydrogen) atoms. The molecule has 0 aliphatic rings. The van der Waals surface area contributed by atoms with Crippen LogP contribution in [-0.4, -0.2) is 28.3 Å². The highest BCUT2D eigenvalue weighted by molar-refractivity contribution is 7.20. The molecular formula is C17H12F2N2O4S. The molecule has 0 radical (unpaired) electrons. The monoisotopic (exact) mass is 378 g/mol. The van der Waals surface area contributed by atoms with E-state index in [4.69, 9.17) is 4.74 Å². The maximum Gasteiger partial charge on any atom is 0.349 e. The van der Waals surface area contributed by atoms with Gasteiger partial charge in [-0.25, -0.2) is 18.6 Å². The molecule has 0 aliphatic heterocycles. The molecule has 0 spiro atoms. The molecule has 3 rings (SSSR count). The SMILES string of the molecule is Cc1nc2sc(C(=O)OCC(=O)c3cc(F)ccc3F)c(C)c2c(=O)[nH]1. The topological polar surface area (TPSA) is 89.1 Å². The van der Waals surface area contributed by atoms with E-state index in [1.165, 1.54) is 0 Å². The minimum Gasteiger partial charge on any atom is -0.453 e. The lowest BCUT2D eigenvalue weighted by molar-refractivity contribution is 0.0477. The molecule has 0 saturated carbocycles. The number of Topliss-reactive ketones (excluding diaryl/α,β-unsaturated/α-hetero) is 1. The Morgan fingerprint density at radius 2 is 2.00 bits per heavy atom. The van der Waals surface area contributed by atoms with Crippen molar-refractivity contribution in [2.24, 2.45) is 0 Å². The van der Waals surface area contributed by atoms with E-state index in [1.807, 2.05) is 0 Å². The Labute approximate surface area is 149 Å². The number of aromatic nitrogens is 2. The molecule has 134 valence electrons. The quantitative estimate of drug-likeness (QED) is 0.557. The number of hydrogen-bond acceptors (Lipinski definition) is 6. The molecular weight excluding hydrogens is 366 g/mol. The summed E-state index contributed by atoms with van der Waals surface area (Å²) in [6.07, 6.45) is 0. The van der Waals surface area contributed by atoms with E-state index in [-0.39, 0.29) is 15.8 Å². The smallest absolute Gasteiger partial charge is 0.349 e. The lowest BCUT2D eigenvalue weighted by atomic mass is 10.1. The van der Waals surface area contributed by atoms with Crippen LogP contribution in [0.5, 0.6) is 0 Å². The van der Waals surface area contributed by atoms with E-state index in [9.17, 15) is 23.2 Å². The molecule has 0 amide bonds. The van der Waals surface area contributed by atoms with Crippen molar-refractivity contribution in [2.45, 2.75) is 13.8 Å². The van der Waals surface area contributed by atoms with Gasteiger partial charge in [0.15, 0.2) is 6.61 Å². The van der Waals surface area contributed by atoms with Gasteiger partial charge in [-0.2, -0.15) is 0 Å². The molecule has 1 aromatic carbocycles. The van der Waals surface area contributed by atoms with Gasteiger partial charge < -0.3 is 9.72 Å². The van der Waals surface area contributed by atoms with Crippen LogP contribution >= 0.6 is 11.3 Å². The van der Waals surface area contributed by atoms with E-state index >= 15 is 0 Å². The Balaban J connectivity index is 1.83. The number of rotatable bonds is 4. The maximum atomic E-state index is 13.6. The molecule has 6 nitrogen and oxygen atoms in total. The number of aromatic amines is 1. The van der Waals surface area contributed by atoms with Crippen molar-refractivity contribution in [2.75, 3.05) is 6.61 Å². The maximum absolute atomic E-state index is 13.6. The van der Waals surface area contributed by atoms with E-state index in [0.717, 1.165) is 29.5 Å². The number of carbonyl (C=O) groups is 2. The number of thiophene rings is 1. The fourth-order valence-electron chi connectivity index (χ4n) is 2.43. The molecule has 0 aliphatic carbocycles. The van der Waals surface area contributed by atoms with E-state index in [1.54, 1.807) is 13.8 Å². The summed E-state index contributed by atoms with van der Waals surface area (Å²) in [7, 11) is 0. The molecule has 2 aromatic heterocycles. The Bertz CT molecular complexity index is 1100. The van der Waals surface area contributed by atoms with Gasteiger partial charge in [0.2, 0.25) is 5.78 Å². The summed E-state index contributed by atoms with van der Waals surface area (Å²) in [6.45, 7) is 2.42. The van der Waals surface area contributed by atoms with Gasteiger partial charge in [-0.05, 0) is 37.6 Å². The first-order chi connectivity index (χ1) is 12.3. The lowest BCUT2D eigenvalue weighted by Crippen LogP contribution is -2.15. The van der Waals surface area contributed by atoms with E-state index < -0.39 is 35.6 Å². The van der Waals surface area contributed by atoms with Crippen LogP contribution < -0.4 is 5.56 Å². The van der Waals surface area contributed by atoms with Crippen molar-refractivity contribution in [1.82, 2.24) is 9.97 Å². The second-order valence-corrected chi connectivity index (χ2v) is 6.51.